The van der Waals surface area contributed by atoms with E-state index >= 15 is 0 Å². The lowest BCUT2D eigenvalue weighted by atomic mass is 10.7. The first kappa shape index (κ1) is 5.46. The van der Waals surface area contributed by atoms with Crippen LogP contribution in [-0.4, -0.2) is 19.4 Å². The van der Waals surface area contributed by atoms with E-state index in [0.717, 1.165) is 11.5 Å². The Morgan fingerprint density at radius 2 is 2.30 bits per heavy atom. The molecular weight excluding hydrogens is 128 g/mol. The van der Waals surface area contributed by atoms with Crippen molar-refractivity contribution in [3.05, 3.63) is 18.1 Å². The van der Waals surface area contributed by atoms with Gasteiger partial charge in [0.25, 0.3) is 0 Å². The Balaban J connectivity index is 2.90. The van der Waals surface area contributed by atoms with Crippen LogP contribution in [0.4, 0.5) is 0 Å². The molecule has 2 aromatic heterocycles. The number of hydrogen-bond acceptors (Lipinski definition) is 2. The molecule has 2 aromatic rings. The average Bonchev–Trinajstić information content (AvgIpc) is 2.35. The highest BCUT2D eigenvalue weighted by atomic mass is 15.5. The molecule has 4 nitrogen and oxygen atoms in total. The third-order valence-electron chi connectivity index (χ3n) is 1.46. The van der Waals surface area contributed by atoms with Crippen LogP contribution >= 0.6 is 0 Å². The summed E-state index contributed by atoms with van der Waals surface area (Å²) in [7, 11) is 1.93. The van der Waals surface area contributed by atoms with Crippen molar-refractivity contribution in [2.45, 2.75) is 6.92 Å². The molecule has 0 spiro atoms. The Bertz CT molecular complexity index is 357. The molecule has 52 valence electrons. The summed E-state index contributed by atoms with van der Waals surface area (Å²) in [5.41, 5.74) is 0.903. The van der Waals surface area contributed by atoms with Crippen LogP contribution in [0.3, 0.4) is 0 Å². The largest absolute Gasteiger partial charge is 0.274 e. The van der Waals surface area contributed by atoms with Gasteiger partial charge < -0.3 is 0 Å². The minimum atomic E-state index is 0.811. The standard InChI is InChI=1S/C6H8N4/c1-5-7-6-3-4-9(2)10(6)8-5/h3-4H,1-2H3. The van der Waals surface area contributed by atoms with Crippen LogP contribution in [0.2, 0.25) is 0 Å². The molecule has 0 N–H and O–H groups in total. The van der Waals surface area contributed by atoms with E-state index in [-0.39, 0.29) is 0 Å². The van der Waals surface area contributed by atoms with Gasteiger partial charge in [-0.3, -0.25) is 4.68 Å². The van der Waals surface area contributed by atoms with Crippen LogP contribution in [0.5, 0.6) is 0 Å². The third-order valence-corrected chi connectivity index (χ3v) is 1.46. The maximum atomic E-state index is 4.16. The maximum Gasteiger partial charge on any atom is 0.175 e. The van der Waals surface area contributed by atoms with Crippen molar-refractivity contribution in [1.29, 1.82) is 0 Å². The average molecular weight is 136 g/mol. The quantitative estimate of drug-likeness (QED) is 0.524. The molecule has 4 heteroatoms. The normalized spacial score (nSPS) is 11.0. The summed E-state index contributed by atoms with van der Waals surface area (Å²) in [4.78, 5) is 4.16. The van der Waals surface area contributed by atoms with Crippen molar-refractivity contribution in [3.63, 3.8) is 0 Å². The Morgan fingerprint density at radius 1 is 1.50 bits per heavy atom. The van der Waals surface area contributed by atoms with Crippen LogP contribution in [0.25, 0.3) is 5.65 Å². The van der Waals surface area contributed by atoms with Crippen molar-refractivity contribution < 1.29 is 0 Å². The molecule has 0 fully saturated rings. The lowest BCUT2D eigenvalue weighted by molar-refractivity contribution is 0.631. The lowest BCUT2D eigenvalue weighted by Gasteiger charge is -1.89. The van der Waals surface area contributed by atoms with Gasteiger partial charge in [0.15, 0.2) is 5.65 Å². The van der Waals surface area contributed by atoms with Crippen molar-refractivity contribution in [2.24, 2.45) is 7.05 Å². The number of hydrogen-bond donors (Lipinski definition) is 0. The molecular formula is C6H8N4. The lowest BCUT2D eigenvalue weighted by Crippen LogP contribution is -1.98. The fourth-order valence-corrected chi connectivity index (χ4v) is 0.995. The van der Waals surface area contributed by atoms with E-state index in [1.807, 2.05) is 30.9 Å². The minimum Gasteiger partial charge on any atom is -0.274 e. The third kappa shape index (κ3) is 0.556. The van der Waals surface area contributed by atoms with E-state index in [1.54, 1.807) is 4.63 Å². The molecule has 0 unspecified atom stereocenters. The molecule has 0 radical (unpaired) electrons. The van der Waals surface area contributed by atoms with Gasteiger partial charge in [0.2, 0.25) is 0 Å². The van der Waals surface area contributed by atoms with Gasteiger partial charge in [0.1, 0.15) is 5.82 Å². The summed E-state index contributed by atoms with van der Waals surface area (Å²) in [6, 6.07) is 1.93. The van der Waals surface area contributed by atoms with Crippen LogP contribution in [-0.2, 0) is 7.05 Å². The van der Waals surface area contributed by atoms with Crippen molar-refractivity contribution in [3.8, 4) is 0 Å². The monoisotopic (exact) mass is 136 g/mol. The second kappa shape index (κ2) is 1.59. The SMILES string of the molecule is Cc1nc2ccn(C)n2n1. The van der Waals surface area contributed by atoms with Gasteiger partial charge in [-0.1, -0.05) is 0 Å². The number of aryl methyl sites for hydroxylation is 2. The Kier molecular flexibility index (Phi) is 0.869. The highest BCUT2D eigenvalue weighted by molar-refractivity contribution is 5.34. The predicted molar refractivity (Wildman–Crippen MR) is 36.7 cm³/mol. The van der Waals surface area contributed by atoms with Crippen LogP contribution < -0.4 is 0 Å². The van der Waals surface area contributed by atoms with Gasteiger partial charge in [-0.25, -0.2) is 4.98 Å². The number of aromatic nitrogens is 4. The van der Waals surface area contributed by atoms with Crippen molar-refractivity contribution in [1.82, 2.24) is 19.4 Å². The zero-order valence-corrected chi connectivity index (χ0v) is 5.94. The molecule has 2 rings (SSSR count). The zero-order chi connectivity index (χ0) is 7.14. The molecule has 0 aromatic carbocycles. The molecule has 0 atom stereocenters. The number of nitrogens with zero attached hydrogens (tertiary/aromatic N) is 4. The smallest absolute Gasteiger partial charge is 0.175 e. The van der Waals surface area contributed by atoms with Crippen LogP contribution in [0.1, 0.15) is 5.82 Å². The minimum absolute atomic E-state index is 0.811. The molecule has 2 heterocycles. The van der Waals surface area contributed by atoms with Crippen molar-refractivity contribution >= 4 is 5.65 Å². The number of rotatable bonds is 0. The van der Waals surface area contributed by atoms with Gasteiger partial charge in [-0.05, 0) is 6.92 Å². The first-order valence-electron chi connectivity index (χ1n) is 3.12. The second-order valence-electron chi connectivity index (χ2n) is 2.30. The molecule has 0 aliphatic heterocycles. The van der Waals surface area contributed by atoms with Gasteiger partial charge in [-0.15, -0.1) is 5.10 Å². The number of fused-ring (bicyclic) bond motifs is 1. The summed E-state index contributed by atoms with van der Waals surface area (Å²) < 4.78 is 3.64. The van der Waals surface area contributed by atoms with Gasteiger partial charge in [-0.2, -0.15) is 4.63 Å². The molecule has 0 aliphatic rings. The van der Waals surface area contributed by atoms with Crippen LogP contribution in [0, 0.1) is 6.92 Å². The Labute approximate surface area is 58.1 Å². The Hall–Kier alpha value is -1.32. The Morgan fingerprint density at radius 3 is 3.00 bits per heavy atom. The fraction of sp³-hybridized carbons (Fsp3) is 0.333. The highest BCUT2D eigenvalue weighted by Crippen LogP contribution is 1.98. The summed E-state index contributed by atoms with van der Waals surface area (Å²) in [6.45, 7) is 1.88. The first-order valence-corrected chi connectivity index (χ1v) is 3.12. The highest BCUT2D eigenvalue weighted by Gasteiger charge is 1.99. The molecule has 0 amide bonds. The maximum absolute atomic E-state index is 4.16. The van der Waals surface area contributed by atoms with Gasteiger partial charge in [0, 0.05) is 19.3 Å². The molecule has 0 aliphatic carbocycles. The molecule has 0 saturated heterocycles. The summed E-state index contributed by atoms with van der Waals surface area (Å²) >= 11 is 0. The van der Waals surface area contributed by atoms with E-state index in [9.17, 15) is 0 Å². The topological polar surface area (TPSA) is 35.1 Å². The second-order valence-corrected chi connectivity index (χ2v) is 2.30. The summed E-state index contributed by atoms with van der Waals surface area (Å²) in [5.74, 6) is 0.811. The van der Waals surface area contributed by atoms with Crippen LogP contribution in [0.15, 0.2) is 12.3 Å². The molecule has 0 saturated carbocycles. The summed E-state index contributed by atoms with van der Waals surface area (Å²) in [5, 5.41) is 4.14. The molecule has 0 bridgehead atoms. The van der Waals surface area contributed by atoms with E-state index in [1.165, 1.54) is 0 Å². The van der Waals surface area contributed by atoms with Crippen molar-refractivity contribution in [2.75, 3.05) is 0 Å². The van der Waals surface area contributed by atoms with E-state index in [0.29, 0.717) is 0 Å². The first-order chi connectivity index (χ1) is 4.77. The van der Waals surface area contributed by atoms with E-state index < -0.39 is 0 Å². The molecule has 10 heavy (non-hydrogen) atoms. The van der Waals surface area contributed by atoms with Gasteiger partial charge in [0.05, 0.1) is 0 Å². The zero-order valence-electron chi connectivity index (χ0n) is 5.94. The van der Waals surface area contributed by atoms with E-state index in [4.69, 9.17) is 0 Å². The fourth-order valence-electron chi connectivity index (χ4n) is 0.995. The van der Waals surface area contributed by atoms with E-state index in [2.05, 4.69) is 10.1 Å². The summed E-state index contributed by atoms with van der Waals surface area (Å²) in [6.07, 6.45) is 1.93. The predicted octanol–water partition coefficient (Wildman–Crippen LogP) is 0.376. The van der Waals surface area contributed by atoms with Gasteiger partial charge >= 0.3 is 0 Å².